The van der Waals surface area contributed by atoms with Crippen molar-refractivity contribution in [2.75, 3.05) is 19.6 Å². The zero-order valence-electron chi connectivity index (χ0n) is 12.8. The van der Waals surface area contributed by atoms with Gasteiger partial charge in [0.25, 0.3) is 0 Å². The molecule has 0 spiro atoms. The van der Waals surface area contributed by atoms with Crippen LogP contribution < -0.4 is 0 Å². The molecule has 0 aromatic rings. The predicted molar refractivity (Wildman–Crippen MR) is 78.8 cm³/mol. The van der Waals surface area contributed by atoms with Crippen LogP contribution in [-0.2, 0) is 0 Å². The Kier molecular flexibility index (Phi) is 11.0. The fourth-order valence-corrected chi connectivity index (χ4v) is 2.43. The summed E-state index contributed by atoms with van der Waals surface area (Å²) in [5.41, 5.74) is 0. The van der Waals surface area contributed by atoms with E-state index in [-0.39, 0.29) is 0 Å². The average molecular weight is 241 g/mol. The Bertz CT molecular complexity index is 116. The first-order valence-corrected chi connectivity index (χ1v) is 7.94. The molecule has 0 bridgehead atoms. The highest BCUT2D eigenvalue weighted by Crippen LogP contribution is 2.19. The van der Waals surface area contributed by atoms with Crippen molar-refractivity contribution < 1.29 is 4.48 Å². The Labute approximate surface area is 110 Å². The zero-order chi connectivity index (χ0) is 13.0. The second kappa shape index (κ2) is 11.1. The number of nitrogens with zero attached hydrogens (tertiary/aromatic N) is 1. The second-order valence-electron chi connectivity index (χ2n) is 5.42. The Hall–Kier alpha value is -0.0400. The number of hydrogen-bond donors (Lipinski definition) is 0. The van der Waals surface area contributed by atoms with Crippen LogP contribution in [0.25, 0.3) is 0 Å². The van der Waals surface area contributed by atoms with E-state index in [0.717, 1.165) is 0 Å². The van der Waals surface area contributed by atoms with Crippen LogP contribution in [0.4, 0.5) is 0 Å². The monoisotopic (exact) mass is 241 g/mol. The van der Waals surface area contributed by atoms with Gasteiger partial charge < -0.3 is 4.48 Å². The lowest BCUT2D eigenvalue weighted by Gasteiger charge is -2.48. The first-order chi connectivity index (χ1) is 8.24. The summed E-state index contributed by atoms with van der Waals surface area (Å²) >= 11 is 0. The Morgan fingerprint density at radius 3 is 1.35 bits per heavy atom. The molecule has 0 amide bonds. The molecule has 104 valence electrons. The highest BCUT2D eigenvalue weighted by atomic mass is 15.3. The molecule has 0 saturated carbocycles. The van der Waals surface area contributed by atoms with Crippen LogP contribution in [0, 0.1) is 6.54 Å². The molecule has 0 aliphatic carbocycles. The minimum Gasteiger partial charge on any atom is -0.454 e. The van der Waals surface area contributed by atoms with Crippen molar-refractivity contribution in [2.24, 2.45) is 0 Å². The van der Waals surface area contributed by atoms with Crippen molar-refractivity contribution >= 4 is 0 Å². The van der Waals surface area contributed by atoms with E-state index in [2.05, 4.69) is 34.2 Å². The van der Waals surface area contributed by atoms with Gasteiger partial charge in [-0.15, -0.1) is 13.0 Å². The first-order valence-electron chi connectivity index (χ1n) is 7.94. The molecule has 0 aromatic carbocycles. The Morgan fingerprint density at radius 1 is 0.647 bits per heavy atom. The molecule has 0 N–H and O–H groups in total. The van der Waals surface area contributed by atoms with Crippen molar-refractivity contribution in [3.8, 4) is 0 Å². The number of quaternary nitrogens is 1. The third kappa shape index (κ3) is 7.81. The van der Waals surface area contributed by atoms with Crippen LogP contribution in [0.3, 0.4) is 0 Å². The minimum absolute atomic E-state index is 1.29. The predicted octanol–water partition coefficient (Wildman–Crippen LogP) is 5.17. The first kappa shape index (κ1) is 17.0. The van der Waals surface area contributed by atoms with E-state index in [1.54, 1.807) is 0 Å². The lowest BCUT2D eigenvalue weighted by Crippen LogP contribution is -2.47. The zero-order valence-corrected chi connectivity index (χ0v) is 12.8. The van der Waals surface area contributed by atoms with Crippen LogP contribution in [0.15, 0.2) is 0 Å². The van der Waals surface area contributed by atoms with Crippen LogP contribution in [0.5, 0.6) is 0 Å². The summed E-state index contributed by atoms with van der Waals surface area (Å²) < 4.78 is 1.30. The fourth-order valence-electron chi connectivity index (χ4n) is 2.43. The molecular formula is C16H35N. The fraction of sp³-hybridized carbons (Fsp3) is 0.938. The van der Waals surface area contributed by atoms with Crippen molar-refractivity contribution in [3.05, 3.63) is 6.54 Å². The van der Waals surface area contributed by atoms with Gasteiger partial charge in [-0.3, -0.25) is 0 Å². The van der Waals surface area contributed by atoms with E-state index in [1.807, 2.05) is 0 Å². The maximum Gasteiger partial charge on any atom is 0.0546 e. The molecule has 0 aromatic heterocycles. The molecule has 0 saturated heterocycles. The summed E-state index contributed by atoms with van der Waals surface area (Å²) in [4.78, 5) is 0. The molecule has 1 nitrogen and oxygen atoms in total. The highest BCUT2D eigenvalue weighted by molar-refractivity contribution is 4.58. The average Bonchev–Trinajstić information content (AvgIpc) is 2.37. The van der Waals surface area contributed by atoms with Crippen molar-refractivity contribution in [3.63, 3.8) is 0 Å². The summed E-state index contributed by atoms with van der Waals surface area (Å²) in [7, 11) is 0. The maximum atomic E-state index is 2.63. The van der Waals surface area contributed by atoms with Crippen LogP contribution in [0.1, 0.15) is 79.1 Å². The van der Waals surface area contributed by atoms with E-state index in [4.69, 9.17) is 0 Å². The van der Waals surface area contributed by atoms with Gasteiger partial charge in [-0.1, -0.05) is 53.4 Å². The lowest BCUT2D eigenvalue weighted by molar-refractivity contribution is -0.901. The number of rotatable bonds is 12. The molecule has 0 radical (unpaired) electrons. The van der Waals surface area contributed by atoms with Gasteiger partial charge in [0.2, 0.25) is 0 Å². The lowest BCUT2D eigenvalue weighted by atomic mass is 10.1. The molecule has 0 aliphatic rings. The molecule has 0 atom stereocenters. The molecule has 0 fully saturated rings. The van der Waals surface area contributed by atoms with E-state index in [0.29, 0.717) is 0 Å². The van der Waals surface area contributed by atoms with Crippen LogP contribution >= 0.6 is 0 Å². The summed E-state index contributed by atoms with van der Waals surface area (Å²) in [6.07, 6.45) is 10.7. The van der Waals surface area contributed by atoms with E-state index in [1.165, 1.54) is 75.5 Å². The summed E-state index contributed by atoms with van der Waals surface area (Å²) in [5, 5.41) is 0. The van der Waals surface area contributed by atoms with Crippen molar-refractivity contribution in [2.45, 2.75) is 79.1 Å². The maximum absolute atomic E-state index is 2.63. The molecule has 17 heavy (non-hydrogen) atoms. The van der Waals surface area contributed by atoms with E-state index >= 15 is 0 Å². The molecule has 1 heteroatoms. The molecular weight excluding hydrogens is 206 g/mol. The van der Waals surface area contributed by atoms with Crippen molar-refractivity contribution in [1.29, 1.82) is 0 Å². The van der Waals surface area contributed by atoms with Gasteiger partial charge in [-0.2, -0.15) is 0 Å². The number of hydrogen-bond acceptors (Lipinski definition) is 0. The third-order valence-corrected chi connectivity index (χ3v) is 3.68. The molecule has 0 aliphatic heterocycles. The molecule has 0 rings (SSSR count). The molecule has 0 unspecified atom stereocenters. The topological polar surface area (TPSA) is 0 Å². The smallest absolute Gasteiger partial charge is 0.0546 e. The highest BCUT2D eigenvalue weighted by Gasteiger charge is 2.17. The van der Waals surface area contributed by atoms with Gasteiger partial charge in [0.05, 0.1) is 19.6 Å². The van der Waals surface area contributed by atoms with Crippen molar-refractivity contribution in [1.82, 2.24) is 0 Å². The van der Waals surface area contributed by atoms with E-state index < -0.39 is 0 Å². The second-order valence-corrected chi connectivity index (χ2v) is 5.42. The quantitative estimate of drug-likeness (QED) is 0.327. The summed E-state index contributed by atoms with van der Waals surface area (Å²) in [6, 6.07) is 0. The third-order valence-electron chi connectivity index (χ3n) is 3.68. The van der Waals surface area contributed by atoms with Gasteiger partial charge >= 0.3 is 0 Å². The number of unbranched alkanes of at least 4 members (excludes halogenated alkanes) is 4. The van der Waals surface area contributed by atoms with Crippen LogP contribution in [0.2, 0.25) is 0 Å². The van der Waals surface area contributed by atoms with E-state index in [9.17, 15) is 0 Å². The standard InChI is InChI=1S/C16H35N/c1-5-9-13-17(14-10-6-2,15-11-7-3)16-12-8-4/h13H,5-12,14-16H2,1-4H3. The SMILES string of the molecule is CCC[CH-][N+](CCCC)(CCCC)CCCC. The van der Waals surface area contributed by atoms with Gasteiger partial charge in [-0.25, -0.2) is 0 Å². The Balaban J connectivity index is 4.39. The minimum atomic E-state index is 1.29. The molecule has 0 heterocycles. The van der Waals surface area contributed by atoms with Gasteiger partial charge in [0.1, 0.15) is 0 Å². The normalized spacial score (nSPS) is 12.0. The van der Waals surface area contributed by atoms with Crippen LogP contribution in [-0.4, -0.2) is 24.1 Å². The Morgan fingerprint density at radius 2 is 1.06 bits per heavy atom. The summed E-state index contributed by atoms with van der Waals surface area (Å²) in [6.45, 7) is 16.0. The largest absolute Gasteiger partial charge is 0.454 e. The van der Waals surface area contributed by atoms with Gasteiger partial charge in [0.15, 0.2) is 0 Å². The van der Waals surface area contributed by atoms with Gasteiger partial charge in [0, 0.05) is 0 Å². The van der Waals surface area contributed by atoms with Gasteiger partial charge in [-0.05, 0) is 19.3 Å². The summed E-state index contributed by atoms with van der Waals surface area (Å²) in [5.74, 6) is 0.